The highest BCUT2D eigenvalue weighted by Crippen LogP contribution is 2.26. The minimum absolute atomic E-state index is 0.0140. The van der Waals surface area contributed by atoms with E-state index in [9.17, 15) is 9.90 Å². The topological polar surface area (TPSA) is 49.3 Å². The number of carbonyl (C=O) groups is 1. The first-order valence-electron chi connectivity index (χ1n) is 6.44. The molecule has 1 aromatic heterocycles. The van der Waals surface area contributed by atoms with Gasteiger partial charge in [-0.3, -0.25) is 4.79 Å². The fraction of sp³-hybridized carbons (Fsp3) is 0.267. The van der Waals surface area contributed by atoms with Gasteiger partial charge < -0.3 is 10.4 Å². The van der Waals surface area contributed by atoms with Crippen LogP contribution in [0.25, 0.3) is 0 Å². The van der Waals surface area contributed by atoms with E-state index in [1.807, 2.05) is 17.5 Å². The molecule has 2 N–H and O–H groups in total. The molecule has 1 aromatic carbocycles. The van der Waals surface area contributed by atoms with Gasteiger partial charge in [-0.05, 0) is 36.1 Å². The van der Waals surface area contributed by atoms with Gasteiger partial charge in [-0.1, -0.05) is 31.0 Å². The van der Waals surface area contributed by atoms with Crippen molar-refractivity contribution in [3.8, 4) is 5.75 Å². The molecule has 2 rings (SSSR count). The lowest BCUT2D eigenvalue weighted by Gasteiger charge is -2.17. The van der Waals surface area contributed by atoms with Crippen LogP contribution in [-0.2, 0) is 0 Å². The fourth-order valence-corrected chi connectivity index (χ4v) is 2.95. The zero-order valence-corrected chi connectivity index (χ0v) is 12.7. The van der Waals surface area contributed by atoms with Crippen LogP contribution in [-0.4, -0.2) is 11.0 Å². The molecule has 1 heterocycles. The van der Waals surface area contributed by atoms with E-state index in [-0.39, 0.29) is 22.7 Å². The Kier molecular flexibility index (Phi) is 5.04. The van der Waals surface area contributed by atoms with Crippen molar-refractivity contribution in [2.24, 2.45) is 0 Å². The van der Waals surface area contributed by atoms with Gasteiger partial charge in [-0.2, -0.15) is 0 Å². The summed E-state index contributed by atoms with van der Waals surface area (Å²) in [6.07, 6.45) is 1.87. The van der Waals surface area contributed by atoms with E-state index in [1.54, 1.807) is 17.4 Å². The van der Waals surface area contributed by atoms with Crippen LogP contribution in [0, 0.1) is 0 Å². The maximum absolute atomic E-state index is 12.2. The van der Waals surface area contributed by atoms with Gasteiger partial charge in [-0.15, -0.1) is 11.3 Å². The summed E-state index contributed by atoms with van der Waals surface area (Å²) in [5.41, 5.74) is 0.449. The van der Waals surface area contributed by atoms with E-state index in [0.29, 0.717) is 5.56 Å². The molecule has 2 aromatic rings. The minimum Gasteiger partial charge on any atom is -0.506 e. The number of benzene rings is 1. The molecule has 0 aliphatic rings. The summed E-state index contributed by atoms with van der Waals surface area (Å²) >= 11 is 7.46. The van der Waals surface area contributed by atoms with Crippen molar-refractivity contribution in [3.05, 3.63) is 51.2 Å². The summed E-state index contributed by atoms with van der Waals surface area (Å²) in [5, 5.41) is 14.6. The quantitative estimate of drug-likeness (QED) is 0.861. The van der Waals surface area contributed by atoms with Crippen LogP contribution in [0.4, 0.5) is 0 Å². The van der Waals surface area contributed by atoms with Gasteiger partial charge in [0.25, 0.3) is 5.91 Å². The molecule has 1 atom stereocenters. The van der Waals surface area contributed by atoms with E-state index >= 15 is 0 Å². The zero-order chi connectivity index (χ0) is 14.5. The lowest BCUT2D eigenvalue weighted by molar-refractivity contribution is 0.0935. The van der Waals surface area contributed by atoms with E-state index in [1.165, 1.54) is 12.1 Å². The third-order valence-corrected chi connectivity index (χ3v) is 4.27. The maximum atomic E-state index is 12.2. The molecule has 0 radical (unpaired) electrons. The molecule has 0 fully saturated rings. The predicted octanol–water partition coefficient (Wildman–Crippen LogP) is 4.38. The summed E-state index contributed by atoms with van der Waals surface area (Å²) in [5.74, 6) is -0.203. The maximum Gasteiger partial charge on any atom is 0.251 e. The monoisotopic (exact) mass is 309 g/mol. The molecule has 1 amide bonds. The van der Waals surface area contributed by atoms with Crippen LogP contribution in [0.15, 0.2) is 35.7 Å². The Morgan fingerprint density at radius 1 is 1.45 bits per heavy atom. The normalized spacial score (nSPS) is 12.1. The number of rotatable bonds is 5. The first-order chi connectivity index (χ1) is 9.61. The number of phenols is 1. The van der Waals surface area contributed by atoms with Crippen molar-refractivity contribution in [2.75, 3.05) is 0 Å². The smallest absolute Gasteiger partial charge is 0.251 e. The molecule has 5 heteroatoms. The number of halogens is 1. The van der Waals surface area contributed by atoms with Crippen molar-refractivity contribution >= 4 is 28.8 Å². The Morgan fingerprint density at radius 2 is 2.25 bits per heavy atom. The highest BCUT2D eigenvalue weighted by Gasteiger charge is 2.16. The molecule has 0 spiro atoms. The largest absolute Gasteiger partial charge is 0.506 e. The molecule has 0 bridgehead atoms. The van der Waals surface area contributed by atoms with Crippen LogP contribution >= 0.6 is 22.9 Å². The number of thiophene rings is 1. The molecule has 20 heavy (non-hydrogen) atoms. The average Bonchev–Trinajstić information content (AvgIpc) is 2.95. The van der Waals surface area contributed by atoms with Crippen molar-refractivity contribution in [3.63, 3.8) is 0 Å². The van der Waals surface area contributed by atoms with Crippen LogP contribution in [0.5, 0.6) is 5.75 Å². The Morgan fingerprint density at radius 3 is 2.85 bits per heavy atom. The number of aromatic hydroxyl groups is 1. The summed E-state index contributed by atoms with van der Waals surface area (Å²) in [6.45, 7) is 2.09. The van der Waals surface area contributed by atoms with E-state index in [4.69, 9.17) is 11.6 Å². The molecule has 3 nitrogen and oxygen atoms in total. The minimum atomic E-state index is -0.182. The number of amides is 1. The van der Waals surface area contributed by atoms with Gasteiger partial charge in [0, 0.05) is 10.4 Å². The molecular weight excluding hydrogens is 294 g/mol. The van der Waals surface area contributed by atoms with Crippen molar-refractivity contribution in [1.82, 2.24) is 5.32 Å². The first-order valence-corrected chi connectivity index (χ1v) is 7.70. The summed E-state index contributed by atoms with van der Waals surface area (Å²) in [4.78, 5) is 13.4. The first kappa shape index (κ1) is 14.9. The van der Waals surface area contributed by atoms with Crippen molar-refractivity contribution in [2.45, 2.75) is 25.8 Å². The van der Waals surface area contributed by atoms with Gasteiger partial charge >= 0.3 is 0 Å². The lowest BCUT2D eigenvalue weighted by Crippen LogP contribution is -2.27. The second-order valence-electron chi connectivity index (χ2n) is 4.50. The van der Waals surface area contributed by atoms with Crippen molar-refractivity contribution < 1.29 is 9.90 Å². The van der Waals surface area contributed by atoms with Gasteiger partial charge in [0.1, 0.15) is 5.75 Å². The Bertz CT molecular complexity index is 584. The van der Waals surface area contributed by atoms with E-state index in [2.05, 4.69) is 12.2 Å². The van der Waals surface area contributed by atoms with Crippen LogP contribution in [0.1, 0.15) is 41.0 Å². The van der Waals surface area contributed by atoms with Gasteiger partial charge in [-0.25, -0.2) is 0 Å². The van der Waals surface area contributed by atoms with Gasteiger partial charge in [0.05, 0.1) is 11.1 Å². The van der Waals surface area contributed by atoms with E-state index in [0.717, 1.165) is 17.7 Å². The van der Waals surface area contributed by atoms with Crippen LogP contribution in [0.2, 0.25) is 5.02 Å². The molecule has 0 saturated heterocycles. The summed E-state index contributed by atoms with van der Waals surface area (Å²) < 4.78 is 0. The second kappa shape index (κ2) is 6.77. The number of nitrogens with one attached hydrogen (secondary N) is 1. The fourth-order valence-electron chi connectivity index (χ4n) is 1.95. The number of hydrogen-bond donors (Lipinski definition) is 2. The molecule has 1 unspecified atom stereocenters. The zero-order valence-electron chi connectivity index (χ0n) is 11.1. The number of phenolic OH excluding ortho intramolecular Hbond substituents is 1. The van der Waals surface area contributed by atoms with Crippen LogP contribution in [0.3, 0.4) is 0 Å². The van der Waals surface area contributed by atoms with Gasteiger partial charge in [0.15, 0.2) is 0 Å². The summed E-state index contributed by atoms with van der Waals surface area (Å²) in [7, 11) is 0. The Hall–Kier alpha value is -1.52. The molecule has 0 saturated carbocycles. The predicted molar refractivity (Wildman–Crippen MR) is 82.6 cm³/mol. The third kappa shape index (κ3) is 3.52. The highest BCUT2D eigenvalue weighted by molar-refractivity contribution is 7.10. The second-order valence-corrected chi connectivity index (χ2v) is 5.88. The summed E-state index contributed by atoms with van der Waals surface area (Å²) in [6, 6.07) is 8.48. The molecular formula is C15H16ClNO2S. The van der Waals surface area contributed by atoms with Gasteiger partial charge in [0.2, 0.25) is 0 Å². The third-order valence-electron chi connectivity index (χ3n) is 2.98. The molecule has 106 valence electrons. The Labute approximate surface area is 127 Å². The average molecular weight is 310 g/mol. The van der Waals surface area contributed by atoms with Crippen LogP contribution < -0.4 is 5.32 Å². The van der Waals surface area contributed by atoms with Crippen molar-refractivity contribution in [1.29, 1.82) is 0 Å². The van der Waals surface area contributed by atoms with E-state index < -0.39 is 0 Å². The number of hydrogen-bond acceptors (Lipinski definition) is 3. The molecule has 0 aliphatic carbocycles. The highest BCUT2D eigenvalue weighted by atomic mass is 35.5. The molecule has 0 aliphatic heterocycles. The lowest BCUT2D eigenvalue weighted by atomic mass is 10.1. The number of carbonyl (C=O) groups excluding carboxylic acids is 1. The SMILES string of the molecule is CCCC(NC(=O)c1ccc(O)c(Cl)c1)c1cccs1. The Balaban J connectivity index is 2.13. The standard InChI is InChI=1S/C15H16ClNO2S/c1-2-4-12(14-5-3-8-20-14)17-15(19)10-6-7-13(18)11(16)9-10/h3,5-9,12,18H,2,4H2,1H3,(H,17,19).